The van der Waals surface area contributed by atoms with Crippen molar-refractivity contribution < 1.29 is 13.9 Å². The van der Waals surface area contributed by atoms with Gasteiger partial charge in [-0.15, -0.1) is 0 Å². The maximum Gasteiger partial charge on any atom is 0.410 e. The van der Waals surface area contributed by atoms with Crippen molar-refractivity contribution in [2.75, 3.05) is 45.8 Å². The van der Waals surface area contributed by atoms with Gasteiger partial charge in [0.05, 0.1) is 0 Å². The first-order valence-electron chi connectivity index (χ1n) is 10.9. The first kappa shape index (κ1) is 23.6. The van der Waals surface area contributed by atoms with Crippen LogP contribution >= 0.6 is 0 Å². The fourth-order valence-corrected chi connectivity index (χ4v) is 3.87. The summed E-state index contributed by atoms with van der Waals surface area (Å²) in [5, 5.41) is 0. The lowest BCUT2D eigenvalue weighted by Crippen LogP contribution is -2.51. The van der Waals surface area contributed by atoms with Gasteiger partial charge in [-0.3, -0.25) is 4.90 Å². The largest absolute Gasteiger partial charge is 0.444 e. The highest BCUT2D eigenvalue weighted by molar-refractivity contribution is 5.68. The van der Waals surface area contributed by atoms with Crippen molar-refractivity contribution in [3.63, 3.8) is 0 Å². The molecule has 1 aromatic rings. The zero-order valence-corrected chi connectivity index (χ0v) is 18.8. The molecule has 0 bridgehead atoms. The summed E-state index contributed by atoms with van der Waals surface area (Å²) in [5.41, 5.74) is 0.270. The molecule has 0 aliphatic carbocycles. The minimum Gasteiger partial charge on any atom is -0.444 e. The molecule has 1 aliphatic heterocycles. The molecule has 1 heterocycles. The number of ether oxygens (including phenoxy) is 1. The molecule has 0 saturated carbocycles. The van der Waals surface area contributed by atoms with Crippen LogP contribution in [-0.2, 0) is 4.74 Å². The predicted octanol–water partition coefficient (Wildman–Crippen LogP) is 4.54. The van der Waals surface area contributed by atoms with E-state index in [0.717, 1.165) is 51.1 Å². The van der Waals surface area contributed by atoms with E-state index in [0.29, 0.717) is 13.1 Å². The van der Waals surface area contributed by atoms with E-state index >= 15 is 0 Å². The monoisotopic (exact) mass is 407 g/mol. The number of nitrogens with zero attached hydrogens (tertiary/aromatic N) is 3. The van der Waals surface area contributed by atoms with Crippen molar-refractivity contribution in [1.82, 2.24) is 14.7 Å². The summed E-state index contributed by atoms with van der Waals surface area (Å²) in [6.45, 7) is 15.8. The Bertz CT molecular complexity index is 635. The van der Waals surface area contributed by atoms with Crippen LogP contribution < -0.4 is 0 Å². The molecule has 6 heteroatoms. The Morgan fingerprint density at radius 3 is 2.31 bits per heavy atom. The quantitative estimate of drug-likeness (QED) is 0.634. The van der Waals surface area contributed by atoms with Crippen molar-refractivity contribution in [3.8, 4) is 0 Å². The highest BCUT2D eigenvalue weighted by atomic mass is 19.1. The molecule has 0 N–H and O–H groups in total. The normalized spacial score (nSPS) is 16.9. The van der Waals surface area contributed by atoms with E-state index in [1.807, 2.05) is 32.9 Å². The molecule has 29 heavy (non-hydrogen) atoms. The fourth-order valence-electron chi connectivity index (χ4n) is 3.87. The Balaban J connectivity index is 2.02. The molecular formula is C23H38FN3O2. The van der Waals surface area contributed by atoms with Gasteiger partial charge in [0.15, 0.2) is 0 Å². The summed E-state index contributed by atoms with van der Waals surface area (Å²) in [6, 6.07) is 7.13. The van der Waals surface area contributed by atoms with Gasteiger partial charge in [-0.2, -0.15) is 0 Å². The molecule has 0 radical (unpaired) electrons. The number of piperazine rings is 1. The first-order chi connectivity index (χ1) is 13.7. The Kier molecular flexibility index (Phi) is 8.90. The molecule has 1 fully saturated rings. The topological polar surface area (TPSA) is 36.0 Å². The van der Waals surface area contributed by atoms with Crippen LogP contribution in [0.4, 0.5) is 9.18 Å². The molecule has 1 amide bonds. The molecule has 2 rings (SSSR count). The number of amides is 1. The van der Waals surface area contributed by atoms with Crippen LogP contribution in [0.15, 0.2) is 24.3 Å². The van der Waals surface area contributed by atoms with Gasteiger partial charge in [0.25, 0.3) is 0 Å². The van der Waals surface area contributed by atoms with E-state index < -0.39 is 5.60 Å². The van der Waals surface area contributed by atoms with Gasteiger partial charge in [0.2, 0.25) is 0 Å². The molecular weight excluding hydrogens is 369 g/mol. The zero-order valence-electron chi connectivity index (χ0n) is 18.8. The molecule has 0 aromatic heterocycles. The number of rotatable bonds is 8. The standard InChI is InChI=1S/C23H38FN3O2/c1-6-25(7-2)14-10-13-21(19-11-8-9-12-20(19)24)26-15-17-27(18-16-26)22(28)29-23(3,4)5/h8-9,11-12,21H,6-7,10,13-18H2,1-5H3. The summed E-state index contributed by atoms with van der Waals surface area (Å²) < 4.78 is 20.1. The average molecular weight is 408 g/mol. The zero-order chi connectivity index (χ0) is 21.4. The molecule has 164 valence electrons. The van der Waals surface area contributed by atoms with E-state index in [2.05, 4.69) is 23.6 Å². The highest BCUT2D eigenvalue weighted by Crippen LogP contribution is 2.29. The molecule has 1 atom stereocenters. The van der Waals surface area contributed by atoms with Gasteiger partial charge in [-0.25, -0.2) is 9.18 Å². The lowest BCUT2D eigenvalue weighted by atomic mass is 9.98. The lowest BCUT2D eigenvalue weighted by molar-refractivity contribution is 0.00930. The van der Waals surface area contributed by atoms with Crippen molar-refractivity contribution >= 4 is 6.09 Å². The first-order valence-corrected chi connectivity index (χ1v) is 10.9. The van der Waals surface area contributed by atoms with Gasteiger partial charge >= 0.3 is 6.09 Å². The number of halogens is 1. The fraction of sp³-hybridized carbons (Fsp3) is 0.696. The summed E-state index contributed by atoms with van der Waals surface area (Å²) in [7, 11) is 0. The predicted molar refractivity (Wildman–Crippen MR) is 116 cm³/mol. The van der Waals surface area contributed by atoms with E-state index in [9.17, 15) is 9.18 Å². The Morgan fingerprint density at radius 1 is 1.14 bits per heavy atom. The maximum atomic E-state index is 14.6. The van der Waals surface area contributed by atoms with Gasteiger partial charge in [-0.1, -0.05) is 32.0 Å². The van der Waals surface area contributed by atoms with Crippen LogP contribution in [0.1, 0.15) is 59.1 Å². The number of hydrogen-bond donors (Lipinski definition) is 0. The van der Waals surface area contributed by atoms with Crippen molar-refractivity contribution in [2.24, 2.45) is 0 Å². The number of hydrogen-bond acceptors (Lipinski definition) is 4. The lowest BCUT2D eigenvalue weighted by Gasteiger charge is -2.40. The smallest absolute Gasteiger partial charge is 0.410 e. The van der Waals surface area contributed by atoms with Crippen LogP contribution in [0.3, 0.4) is 0 Å². The minimum atomic E-state index is -0.492. The summed E-state index contributed by atoms with van der Waals surface area (Å²) in [6.07, 6.45) is 1.66. The third kappa shape index (κ3) is 7.27. The van der Waals surface area contributed by atoms with E-state index in [4.69, 9.17) is 4.74 Å². The van der Waals surface area contributed by atoms with E-state index in [1.165, 1.54) is 0 Å². The van der Waals surface area contributed by atoms with Gasteiger partial charge in [-0.05, 0) is 59.3 Å². The van der Waals surface area contributed by atoms with Gasteiger partial charge < -0.3 is 14.5 Å². The minimum absolute atomic E-state index is 0.0348. The van der Waals surface area contributed by atoms with Crippen LogP contribution in [0.5, 0.6) is 0 Å². The third-order valence-corrected chi connectivity index (χ3v) is 5.52. The van der Waals surface area contributed by atoms with Crippen molar-refractivity contribution in [3.05, 3.63) is 35.6 Å². The number of benzene rings is 1. The Morgan fingerprint density at radius 2 is 1.76 bits per heavy atom. The Hall–Kier alpha value is -1.66. The number of carbonyl (C=O) groups is 1. The average Bonchev–Trinajstić information content (AvgIpc) is 2.68. The summed E-state index contributed by atoms with van der Waals surface area (Å²) in [5.74, 6) is -0.144. The second kappa shape index (κ2) is 10.9. The van der Waals surface area contributed by atoms with Crippen molar-refractivity contribution in [2.45, 2.75) is 59.1 Å². The van der Waals surface area contributed by atoms with E-state index in [1.54, 1.807) is 17.0 Å². The second-order valence-electron chi connectivity index (χ2n) is 8.71. The Labute approximate surface area is 175 Å². The molecule has 1 saturated heterocycles. The van der Waals surface area contributed by atoms with Crippen LogP contribution in [0.25, 0.3) is 0 Å². The van der Waals surface area contributed by atoms with Crippen LogP contribution in [0, 0.1) is 5.82 Å². The molecule has 1 aliphatic rings. The van der Waals surface area contributed by atoms with Crippen LogP contribution in [-0.4, -0.2) is 72.2 Å². The summed E-state index contributed by atoms with van der Waals surface area (Å²) >= 11 is 0. The number of carbonyl (C=O) groups excluding carboxylic acids is 1. The van der Waals surface area contributed by atoms with Gasteiger partial charge in [0.1, 0.15) is 11.4 Å². The van der Waals surface area contributed by atoms with Crippen LogP contribution in [0.2, 0.25) is 0 Å². The molecule has 1 aromatic carbocycles. The third-order valence-electron chi connectivity index (χ3n) is 5.52. The highest BCUT2D eigenvalue weighted by Gasteiger charge is 2.30. The van der Waals surface area contributed by atoms with Crippen molar-refractivity contribution in [1.29, 1.82) is 0 Å². The van der Waals surface area contributed by atoms with E-state index in [-0.39, 0.29) is 18.0 Å². The molecule has 1 unspecified atom stereocenters. The second-order valence-corrected chi connectivity index (χ2v) is 8.71. The summed E-state index contributed by atoms with van der Waals surface area (Å²) in [4.78, 5) is 18.8. The molecule has 5 nitrogen and oxygen atoms in total. The SMILES string of the molecule is CCN(CC)CCCC(c1ccccc1F)N1CCN(C(=O)OC(C)(C)C)CC1. The van der Waals surface area contributed by atoms with Gasteiger partial charge in [0, 0.05) is 37.8 Å². The molecule has 0 spiro atoms. The maximum absolute atomic E-state index is 14.6.